The van der Waals surface area contributed by atoms with Crippen LogP contribution < -0.4 is 0 Å². The summed E-state index contributed by atoms with van der Waals surface area (Å²) in [5, 5.41) is 10.1. The number of hydrogen-bond acceptors (Lipinski definition) is 4. The SMILES string of the molecule is CCCCCCCCCC[C@H]1C[C@@H](C(=O)OC)[C@@](C)(O)O1. The van der Waals surface area contributed by atoms with Gasteiger partial charge in [0.1, 0.15) is 5.92 Å². The fourth-order valence-electron chi connectivity index (χ4n) is 3.09. The van der Waals surface area contributed by atoms with E-state index in [0.717, 1.165) is 12.8 Å². The molecule has 0 radical (unpaired) electrons. The van der Waals surface area contributed by atoms with Crippen molar-refractivity contribution in [2.75, 3.05) is 7.11 Å². The van der Waals surface area contributed by atoms with Crippen LogP contribution in [0.15, 0.2) is 0 Å². The Labute approximate surface area is 129 Å². The van der Waals surface area contributed by atoms with E-state index in [1.54, 1.807) is 6.92 Å². The molecule has 4 heteroatoms. The Kier molecular flexibility index (Phi) is 8.27. The van der Waals surface area contributed by atoms with Crippen molar-refractivity contribution in [1.82, 2.24) is 0 Å². The summed E-state index contributed by atoms with van der Waals surface area (Å²) < 4.78 is 10.3. The number of carbonyl (C=O) groups is 1. The average molecular weight is 300 g/mol. The van der Waals surface area contributed by atoms with Crippen molar-refractivity contribution < 1.29 is 19.4 Å². The van der Waals surface area contributed by atoms with Crippen molar-refractivity contribution in [3.8, 4) is 0 Å². The van der Waals surface area contributed by atoms with Crippen LogP contribution in [0.4, 0.5) is 0 Å². The molecule has 1 heterocycles. The molecule has 0 bridgehead atoms. The highest BCUT2D eigenvalue weighted by Gasteiger charge is 2.48. The van der Waals surface area contributed by atoms with Gasteiger partial charge < -0.3 is 14.6 Å². The van der Waals surface area contributed by atoms with E-state index in [9.17, 15) is 9.90 Å². The van der Waals surface area contributed by atoms with Gasteiger partial charge in [-0.1, -0.05) is 58.3 Å². The van der Waals surface area contributed by atoms with E-state index in [1.807, 2.05) is 0 Å². The van der Waals surface area contributed by atoms with Gasteiger partial charge in [-0.05, 0) is 19.8 Å². The molecule has 1 N–H and O–H groups in total. The summed E-state index contributed by atoms with van der Waals surface area (Å²) in [6.07, 6.45) is 11.7. The van der Waals surface area contributed by atoms with E-state index in [2.05, 4.69) is 6.92 Å². The highest BCUT2D eigenvalue weighted by Crippen LogP contribution is 2.36. The van der Waals surface area contributed by atoms with E-state index in [1.165, 1.54) is 52.1 Å². The number of aliphatic hydroxyl groups is 1. The number of esters is 1. The summed E-state index contributed by atoms with van der Waals surface area (Å²) in [7, 11) is 1.35. The first-order valence-corrected chi connectivity index (χ1v) is 8.49. The van der Waals surface area contributed by atoms with E-state index >= 15 is 0 Å². The van der Waals surface area contributed by atoms with Crippen LogP contribution in [0, 0.1) is 5.92 Å². The summed E-state index contributed by atoms with van der Waals surface area (Å²) in [5.41, 5.74) is 0. The van der Waals surface area contributed by atoms with Crippen molar-refractivity contribution >= 4 is 5.97 Å². The zero-order valence-electron chi connectivity index (χ0n) is 13.9. The Morgan fingerprint density at radius 3 is 2.33 bits per heavy atom. The lowest BCUT2D eigenvalue weighted by Gasteiger charge is -2.22. The maximum absolute atomic E-state index is 11.6. The third-order valence-electron chi connectivity index (χ3n) is 4.42. The molecule has 1 rings (SSSR count). The second kappa shape index (κ2) is 9.42. The van der Waals surface area contributed by atoms with E-state index in [0.29, 0.717) is 6.42 Å². The van der Waals surface area contributed by atoms with Crippen molar-refractivity contribution in [3.63, 3.8) is 0 Å². The van der Waals surface area contributed by atoms with E-state index in [-0.39, 0.29) is 12.1 Å². The van der Waals surface area contributed by atoms with Gasteiger partial charge in [0, 0.05) is 0 Å². The first-order valence-electron chi connectivity index (χ1n) is 8.49. The minimum atomic E-state index is -1.38. The topological polar surface area (TPSA) is 55.8 Å². The normalized spacial score (nSPS) is 28.8. The molecule has 0 unspecified atom stereocenters. The molecule has 4 nitrogen and oxygen atoms in total. The van der Waals surface area contributed by atoms with Gasteiger partial charge >= 0.3 is 5.97 Å². The fourth-order valence-corrected chi connectivity index (χ4v) is 3.09. The standard InChI is InChI=1S/C17H32O4/c1-4-5-6-7-8-9-10-11-12-14-13-15(16(18)20-3)17(2,19)21-14/h14-15,19H,4-13H2,1-3H3/t14-,15-,17-/m0/s1. The molecular weight excluding hydrogens is 268 g/mol. The molecule has 0 aliphatic carbocycles. The zero-order chi connectivity index (χ0) is 15.7. The molecule has 1 aliphatic rings. The molecule has 1 fully saturated rings. The number of hydrogen-bond donors (Lipinski definition) is 1. The predicted octanol–water partition coefficient (Wildman–Crippen LogP) is 3.80. The average Bonchev–Trinajstić information content (AvgIpc) is 2.76. The van der Waals surface area contributed by atoms with Crippen molar-refractivity contribution in [1.29, 1.82) is 0 Å². The van der Waals surface area contributed by atoms with Gasteiger partial charge in [-0.2, -0.15) is 0 Å². The van der Waals surface area contributed by atoms with Crippen molar-refractivity contribution in [2.24, 2.45) is 5.92 Å². The molecule has 0 aromatic carbocycles. The number of unbranched alkanes of at least 4 members (excludes halogenated alkanes) is 7. The zero-order valence-corrected chi connectivity index (χ0v) is 13.9. The van der Waals surface area contributed by atoms with E-state index < -0.39 is 11.7 Å². The predicted molar refractivity (Wildman–Crippen MR) is 82.8 cm³/mol. The number of carbonyl (C=O) groups excluding carboxylic acids is 1. The van der Waals surface area contributed by atoms with Crippen LogP contribution in [0.1, 0.15) is 78.1 Å². The van der Waals surface area contributed by atoms with Gasteiger partial charge in [0.25, 0.3) is 0 Å². The van der Waals surface area contributed by atoms with Crippen LogP contribution in [-0.4, -0.2) is 30.1 Å². The quantitative estimate of drug-likeness (QED) is 0.492. The second-order valence-corrected chi connectivity index (χ2v) is 6.37. The molecule has 0 saturated carbocycles. The molecule has 0 aromatic heterocycles. The number of methoxy groups -OCH3 is 1. The van der Waals surface area contributed by atoms with Crippen LogP contribution in [0.5, 0.6) is 0 Å². The van der Waals surface area contributed by atoms with Crippen LogP contribution in [0.25, 0.3) is 0 Å². The Morgan fingerprint density at radius 1 is 1.19 bits per heavy atom. The molecule has 21 heavy (non-hydrogen) atoms. The molecule has 124 valence electrons. The van der Waals surface area contributed by atoms with Crippen LogP contribution in [0.3, 0.4) is 0 Å². The van der Waals surface area contributed by atoms with Crippen molar-refractivity contribution in [3.05, 3.63) is 0 Å². The molecule has 0 amide bonds. The van der Waals surface area contributed by atoms with Crippen LogP contribution in [0.2, 0.25) is 0 Å². The summed E-state index contributed by atoms with van der Waals surface area (Å²) in [6.45, 7) is 3.79. The number of ether oxygens (including phenoxy) is 2. The molecular formula is C17H32O4. The largest absolute Gasteiger partial charge is 0.469 e. The Balaban J connectivity index is 2.12. The molecule has 0 spiro atoms. The third kappa shape index (κ3) is 6.35. The summed E-state index contributed by atoms with van der Waals surface area (Å²) in [4.78, 5) is 11.6. The Morgan fingerprint density at radius 2 is 1.76 bits per heavy atom. The molecule has 3 atom stereocenters. The van der Waals surface area contributed by atoms with Gasteiger partial charge in [-0.3, -0.25) is 4.79 Å². The van der Waals surface area contributed by atoms with Crippen LogP contribution >= 0.6 is 0 Å². The highest BCUT2D eigenvalue weighted by molar-refractivity contribution is 5.73. The molecule has 1 aliphatic heterocycles. The maximum Gasteiger partial charge on any atom is 0.314 e. The second-order valence-electron chi connectivity index (χ2n) is 6.37. The van der Waals surface area contributed by atoms with Crippen LogP contribution in [-0.2, 0) is 14.3 Å². The monoisotopic (exact) mass is 300 g/mol. The first-order chi connectivity index (χ1) is 10.0. The Hall–Kier alpha value is -0.610. The van der Waals surface area contributed by atoms with Gasteiger partial charge in [-0.25, -0.2) is 0 Å². The first kappa shape index (κ1) is 18.4. The lowest BCUT2D eigenvalue weighted by molar-refractivity contribution is -0.206. The minimum absolute atomic E-state index is 0.0239. The van der Waals surface area contributed by atoms with E-state index in [4.69, 9.17) is 9.47 Å². The lowest BCUT2D eigenvalue weighted by atomic mass is 9.95. The summed E-state index contributed by atoms with van der Waals surface area (Å²) in [5.74, 6) is -2.31. The fraction of sp³-hybridized carbons (Fsp3) is 0.941. The highest BCUT2D eigenvalue weighted by atomic mass is 16.6. The minimum Gasteiger partial charge on any atom is -0.469 e. The van der Waals surface area contributed by atoms with Crippen molar-refractivity contribution in [2.45, 2.75) is 89.9 Å². The lowest BCUT2D eigenvalue weighted by Crippen LogP contribution is -2.36. The Bertz CT molecular complexity index is 301. The summed E-state index contributed by atoms with van der Waals surface area (Å²) >= 11 is 0. The molecule has 0 aromatic rings. The summed E-state index contributed by atoms with van der Waals surface area (Å²) in [6, 6.07) is 0. The molecule has 1 saturated heterocycles. The van der Waals surface area contributed by atoms with Gasteiger partial charge in [-0.15, -0.1) is 0 Å². The maximum atomic E-state index is 11.6. The van der Waals surface area contributed by atoms with Gasteiger partial charge in [0.2, 0.25) is 0 Å². The van der Waals surface area contributed by atoms with Gasteiger partial charge in [0.05, 0.1) is 13.2 Å². The smallest absolute Gasteiger partial charge is 0.314 e. The third-order valence-corrected chi connectivity index (χ3v) is 4.42. The number of rotatable bonds is 10. The van der Waals surface area contributed by atoms with Gasteiger partial charge in [0.15, 0.2) is 5.79 Å².